The molecule has 0 fully saturated rings. The molecule has 0 spiro atoms. The molecule has 0 aliphatic heterocycles. The molecule has 0 aliphatic rings. The molecule has 3 aromatic rings. The first kappa shape index (κ1) is 11.8. The van der Waals surface area contributed by atoms with E-state index in [9.17, 15) is 0 Å². The number of hydrogen-bond donors (Lipinski definition) is 0. The molecule has 0 atom stereocenters. The molecule has 3 rings (SSSR count). The summed E-state index contributed by atoms with van der Waals surface area (Å²) in [6.07, 6.45) is 0. The zero-order chi connectivity index (χ0) is 12.7. The van der Waals surface area contributed by atoms with Gasteiger partial charge < -0.3 is 0 Å². The zero-order valence-electron chi connectivity index (χ0n) is 10.0. The SMILES string of the molecule is Cc1cc(-n2[se]c3ccccc3c2=S)nc(C)n1. The molecular formula is C13H11N3SSe. The van der Waals surface area contributed by atoms with E-state index >= 15 is 0 Å². The van der Waals surface area contributed by atoms with Crippen LogP contribution in [0.1, 0.15) is 11.5 Å². The van der Waals surface area contributed by atoms with Crippen molar-refractivity contribution in [3.8, 4) is 5.82 Å². The molecule has 0 radical (unpaired) electrons. The van der Waals surface area contributed by atoms with Gasteiger partial charge in [-0.1, -0.05) is 0 Å². The summed E-state index contributed by atoms with van der Waals surface area (Å²) in [6, 6.07) is 10.3. The molecule has 0 saturated carbocycles. The summed E-state index contributed by atoms with van der Waals surface area (Å²) in [5, 5.41) is 1.17. The van der Waals surface area contributed by atoms with Crippen LogP contribution in [-0.2, 0) is 0 Å². The summed E-state index contributed by atoms with van der Waals surface area (Å²) in [6.45, 7) is 3.90. The van der Waals surface area contributed by atoms with Gasteiger partial charge in [0.2, 0.25) is 0 Å². The van der Waals surface area contributed by atoms with Gasteiger partial charge in [0.25, 0.3) is 0 Å². The quantitative estimate of drug-likeness (QED) is 0.510. The van der Waals surface area contributed by atoms with Crippen LogP contribution in [0.25, 0.3) is 15.5 Å². The molecule has 5 heteroatoms. The minimum atomic E-state index is 0.181. The number of aromatic nitrogens is 3. The summed E-state index contributed by atoms with van der Waals surface area (Å²) < 4.78 is 4.33. The zero-order valence-corrected chi connectivity index (χ0v) is 12.6. The van der Waals surface area contributed by atoms with E-state index in [0.29, 0.717) is 0 Å². The number of benzene rings is 1. The van der Waals surface area contributed by atoms with Crippen molar-refractivity contribution < 1.29 is 0 Å². The van der Waals surface area contributed by atoms with Crippen molar-refractivity contribution in [1.82, 2.24) is 13.5 Å². The Hall–Kier alpha value is -1.29. The van der Waals surface area contributed by atoms with Crippen LogP contribution in [-0.4, -0.2) is 28.3 Å². The Bertz CT molecular complexity index is 768. The predicted molar refractivity (Wildman–Crippen MR) is 76.1 cm³/mol. The third-order valence-electron chi connectivity index (χ3n) is 2.65. The summed E-state index contributed by atoms with van der Waals surface area (Å²) >= 11 is 5.73. The normalized spacial score (nSPS) is 11.0. The van der Waals surface area contributed by atoms with E-state index in [1.165, 1.54) is 9.65 Å². The van der Waals surface area contributed by atoms with Gasteiger partial charge in [0.1, 0.15) is 0 Å². The molecule has 2 heterocycles. The molecule has 2 aromatic heterocycles. The van der Waals surface area contributed by atoms with Crippen molar-refractivity contribution >= 4 is 36.6 Å². The van der Waals surface area contributed by atoms with Crippen LogP contribution >= 0.6 is 12.2 Å². The van der Waals surface area contributed by atoms with Crippen molar-refractivity contribution in [2.45, 2.75) is 13.8 Å². The van der Waals surface area contributed by atoms with E-state index in [4.69, 9.17) is 12.2 Å². The maximum absolute atomic E-state index is 5.54. The number of hydrogen-bond acceptors (Lipinski definition) is 3. The van der Waals surface area contributed by atoms with Crippen LogP contribution in [0.4, 0.5) is 0 Å². The van der Waals surface area contributed by atoms with Gasteiger partial charge in [-0.15, -0.1) is 0 Å². The van der Waals surface area contributed by atoms with Crippen LogP contribution in [0, 0.1) is 18.5 Å². The Kier molecular flexibility index (Phi) is 2.90. The molecule has 0 amide bonds. The van der Waals surface area contributed by atoms with Gasteiger partial charge in [-0.25, -0.2) is 0 Å². The third kappa shape index (κ3) is 1.94. The number of aryl methyl sites for hydroxylation is 2. The van der Waals surface area contributed by atoms with Gasteiger partial charge in [-0.05, 0) is 0 Å². The van der Waals surface area contributed by atoms with E-state index in [2.05, 4.69) is 31.7 Å². The van der Waals surface area contributed by atoms with Gasteiger partial charge in [-0.3, -0.25) is 0 Å². The summed E-state index contributed by atoms with van der Waals surface area (Å²) in [4.78, 5) is 8.80. The van der Waals surface area contributed by atoms with Crippen LogP contribution in [0.2, 0.25) is 0 Å². The monoisotopic (exact) mass is 321 g/mol. The topological polar surface area (TPSA) is 30.7 Å². The van der Waals surface area contributed by atoms with Crippen molar-refractivity contribution in [3.63, 3.8) is 0 Å². The van der Waals surface area contributed by atoms with E-state index in [-0.39, 0.29) is 14.7 Å². The fourth-order valence-electron chi connectivity index (χ4n) is 1.92. The molecule has 90 valence electrons. The molecule has 3 nitrogen and oxygen atoms in total. The average Bonchev–Trinajstić information content (AvgIpc) is 2.66. The molecule has 0 unspecified atom stereocenters. The summed E-state index contributed by atoms with van der Waals surface area (Å²) in [7, 11) is 0. The first-order valence-electron chi connectivity index (χ1n) is 5.59. The van der Waals surface area contributed by atoms with Crippen LogP contribution in [0.5, 0.6) is 0 Å². The Morgan fingerprint density at radius 2 is 1.94 bits per heavy atom. The van der Waals surface area contributed by atoms with Crippen LogP contribution in [0.3, 0.4) is 0 Å². The first-order chi connectivity index (χ1) is 8.65. The van der Waals surface area contributed by atoms with E-state index < -0.39 is 0 Å². The second kappa shape index (κ2) is 4.43. The van der Waals surface area contributed by atoms with Crippen molar-refractivity contribution in [2.24, 2.45) is 0 Å². The van der Waals surface area contributed by atoms with Crippen LogP contribution in [0.15, 0.2) is 30.3 Å². The molecule has 0 bridgehead atoms. The number of rotatable bonds is 1. The Morgan fingerprint density at radius 1 is 1.17 bits per heavy atom. The number of nitrogens with zero attached hydrogens (tertiary/aromatic N) is 3. The average molecular weight is 320 g/mol. The number of fused-ring (bicyclic) bond motifs is 1. The summed E-state index contributed by atoms with van der Waals surface area (Å²) in [5.74, 6) is 1.71. The molecular weight excluding hydrogens is 309 g/mol. The maximum atomic E-state index is 5.54. The Morgan fingerprint density at radius 3 is 2.67 bits per heavy atom. The van der Waals surface area contributed by atoms with Gasteiger partial charge in [-0.2, -0.15) is 0 Å². The molecule has 0 saturated heterocycles. The van der Waals surface area contributed by atoms with Gasteiger partial charge >= 0.3 is 116 Å². The Labute approximate surface area is 116 Å². The second-order valence-electron chi connectivity index (χ2n) is 4.10. The van der Waals surface area contributed by atoms with Gasteiger partial charge in [0, 0.05) is 0 Å². The van der Waals surface area contributed by atoms with Crippen molar-refractivity contribution in [2.75, 3.05) is 0 Å². The van der Waals surface area contributed by atoms with Crippen molar-refractivity contribution in [1.29, 1.82) is 0 Å². The standard InChI is InChI=1S/C13H11N3SSe/c1-8-7-12(15-9(2)14-8)16-13(17)10-5-3-4-6-11(10)18-16/h3-7H,1-2H3. The molecule has 18 heavy (non-hydrogen) atoms. The fraction of sp³-hybridized carbons (Fsp3) is 0.154. The predicted octanol–water partition coefficient (Wildman–Crippen LogP) is 2.82. The molecule has 1 aromatic carbocycles. The first-order valence-corrected chi connectivity index (χ1v) is 7.62. The molecule has 0 N–H and O–H groups in total. The van der Waals surface area contributed by atoms with E-state index in [1.54, 1.807) is 0 Å². The fourth-order valence-corrected chi connectivity index (χ4v) is 4.57. The Balaban J connectivity index is 2.31. The van der Waals surface area contributed by atoms with Crippen molar-refractivity contribution in [3.05, 3.63) is 46.5 Å². The minimum absolute atomic E-state index is 0.181. The van der Waals surface area contributed by atoms with E-state index in [1.807, 2.05) is 26.0 Å². The molecule has 0 aliphatic carbocycles. The van der Waals surface area contributed by atoms with Gasteiger partial charge in [0.05, 0.1) is 0 Å². The van der Waals surface area contributed by atoms with Gasteiger partial charge in [0.15, 0.2) is 0 Å². The third-order valence-corrected chi connectivity index (χ3v) is 5.63. The summed E-state index contributed by atoms with van der Waals surface area (Å²) in [5.41, 5.74) is 0.979. The second-order valence-corrected chi connectivity index (χ2v) is 6.56. The van der Waals surface area contributed by atoms with E-state index in [0.717, 1.165) is 22.0 Å². The van der Waals surface area contributed by atoms with Crippen LogP contribution < -0.4 is 0 Å².